The normalized spacial score (nSPS) is 18.4. The molecule has 0 bridgehead atoms. The number of nitrogens with one attached hydrogen (secondary N) is 1. The van der Waals surface area contributed by atoms with Crippen molar-refractivity contribution in [2.75, 3.05) is 11.4 Å². The van der Waals surface area contributed by atoms with Gasteiger partial charge in [-0.3, -0.25) is 4.79 Å². The number of aromatic nitrogens is 2. The van der Waals surface area contributed by atoms with E-state index >= 15 is 0 Å². The number of amides is 1. The Morgan fingerprint density at radius 1 is 1.48 bits per heavy atom. The SMILES string of the molecule is CC(C)(C)c1nc(N2CCC[C@@H]2C(=O)NCc2ccco2)no1. The molecule has 2 aromatic heterocycles. The van der Waals surface area contributed by atoms with Crippen molar-refractivity contribution in [3.05, 3.63) is 30.0 Å². The van der Waals surface area contributed by atoms with Crippen molar-refractivity contribution in [2.45, 2.75) is 51.6 Å². The van der Waals surface area contributed by atoms with Crippen LogP contribution in [0.3, 0.4) is 0 Å². The molecule has 1 aliphatic rings. The van der Waals surface area contributed by atoms with Crippen molar-refractivity contribution < 1.29 is 13.7 Å². The highest BCUT2D eigenvalue weighted by Crippen LogP contribution is 2.27. The number of carbonyl (C=O) groups is 1. The van der Waals surface area contributed by atoms with Crippen molar-refractivity contribution in [3.63, 3.8) is 0 Å². The van der Waals surface area contributed by atoms with E-state index in [4.69, 9.17) is 8.94 Å². The van der Waals surface area contributed by atoms with Crippen LogP contribution in [0.1, 0.15) is 45.3 Å². The Morgan fingerprint density at radius 3 is 2.96 bits per heavy atom. The molecule has 0 saturated carbocycles. The molecule has 0 radical (unpaired) electrons. The molecule has 3 heterocycles. The topological polar surface area (TPSA) is 84.4 Å². The van der Waals surface area contributed by atoms with Gasteiger partial charge in [-0.1, -0.05) is 20.8 Å². The predicted octanol–water partition coefficient (Wildman–Crippen LogP) is 2.25. The van der Waals surface area contributed by atoms with Crippen LogP contribution in [-0.4, -0.2) is 28.6 Å². The maximum atomic E-state index is 12.4. The minimum absolute atomic E-state index is 0.0407. The summed E-state index contributed by atoms with van der Waals surface area (Å²) in [4.78, 5) is 18.8. The van der Waals surface area contributed by atoms with E-state index in [-0.39, 0.29) is 17.4 Å². The number of hydrogen-bond acceptors (Lipinski definition) is 6. The lowest BCUT2D eigenvalue weighted by molar-refractivity contribution is -0.122. The number of hydrogen-bond donors (Lipinski definition) is 1. The standard InChI is InChI=1S/C16H22N4O3/c1-16(2,3)14-18-15(19-23-14)20-8-4-7-12(20)13(21)17-10-11-6-5-9-22-11/h5-6,9,12H,4,7-8,10H2,1-3H3,(H,17,21)/t12-/m1/s1. The molecule has 7 heteroatoms. The molecule has 1 N–H and O–H groups in total. The first-order valence-electron chi connectivity index (χ1n) is 7.86. The monoisotopic (exact) mass is 318 g/mol. The van der Waals surface area contributed by atoms with E-state index in [0.29, 0.717) is 18.4 Å². The van der Waals surface area contributed by atoms with Crippen LogP contribution >= 0.6 is 0 Å². The summed E-state index contributed by atoms with van der Waals surface area (Å²) >= 11 is 0. The zero-order valence-electron chi connectivity index (χ0n) is 13.7. The minimum atomic E-state index is -0.268. The lowest BCUT2D eigenvalue weighted by atomic mass is 9.97. The highest BCUT2D eigenvalue weighted by atomic mass is 16.5. The molecule has 1 amide bonds. The van der Waals surface area contributed by atoms with Gasteiger partial charge in [0, 0.05) is 12.0 Å². The maximum absolute atomic E-state index is 12.4. The average molecular weight is 318 g/mol. The summed E-state index contributed by atoms with van der Waals surface area (Å²) in [6, 6.07) is 3.37. The number of anilines is 1. The Bertz CT molecular complexity index is 657. The average Bonchev–Trinajstić information content (AvgIpc) is 3.22. The lowest BCUT2D eigenvalue weighted by Crippen LogP contribution is -2.43. The highest BCUT2D eigenvalue weighted by molar-refractivity contribution is 5.85. The Kier molecular flexibility index (Phi) is 4.11. The summed E-state index contributed by atoms with van der Waals surface area (Å²) in [5.41, 5.74) is -0.206. The van der Waals surface area contributed by atoms with Crippen LogP contribution in [0.15, 0.2) is 27.3 Å². The van der Waals surface area contributed by atoms with Crippen LogP contribution in [0.25, 0.3) is 0 Å². The smallest absolute Gasteiger partial charge is 0.266 e. The van der Waals surface area contributed by atoms with Gasteiger partial charge in [0.2, 0.25) is 11.8 Å². The lowest BCUT2D eigenvalue weighted by Gasteiger charge is -2.21. The van der Waals surface area contributed by atoms with E-state index in [2.05, 4.69) is 15.5 Å². The molecule has 2 aromatic rings. The summed E-state index contributed by atoms with van der Waals surface area (Å²) in [6.07, 6.45) is 3.30. The summed E-state index contributed by atoms with van der Waals surface area (Å²) in [6.45, 7) is 7.18. The molecule has 1 atom stereocenters. The van der Waals surface area contributed by atoms with Crippen molar-refractivity contribution >= 4 is 11.9 Å². The third kappa shape index (κ3) is 3.38. The van der Waals surface area contributed by atoms with Gasteiger partial charge in [-0.15, -0.1) is 0 Å². The first-order chi connectivity index (χ1) is 10.9. The van der Waals surface area contributed by atoms with Crippen molar-refractivity contribution in [3.8, 4) is 0 Å². The fourth-order valence-corrected chi connectivity index (χ4v) is 2.62. The second kappa shape index (κ2) is 6.06. The third-order valence-corrected chi connectivity index (χ3v) is 3.89. The summed E-state index contributed by atoms with van der Waals surface area (Å²) in [7, 11) is 0. The molecule has 0 aliphatic carbocycles. The molecule has 0 unspecified atom stereocenters. The van der Waals surface area contributed by atoms with Gasteiger partial charge in [-0.25, -0.2) is 0 Å². The van der Waals surface area contributed by atoms with Gasteiger partial charge in [0.1, 0.15) is 11.8 Å². The summed E-state index contributed by atoms with van der Waals surface area (Å²) in [5.74, 6) is 1.76. The van der Waals surface area contributed by atoms with Crippen LogP contribution < -0.4 is 10.2 Å². The van der Waals surface area contributed by atoms with Crippen molar-refractivity contribution in [1.82, 2.24) is 15.5 Å². The number of nitrogens with zero attached hydrogens (tertiary/aromatic N) is 3. The highest BCUT2D eigenvalue weighted by Gasteiger charge is 2.34. The fraction of sp³-hybridized carbons (Fsp3) is 0.562. The van der Waals surface area contributed by atoms with Gasteiger partial charge in [0.15, 0.2) is 0 Å². The Morgan fingerprint density at radius 2 is 2.30 bits per heavy atom. The second-order valence-electron chi connectivity index (χ2n) is 6.80. The first-order valence-corrected chi connectivity index (χ1v) is 7.86. The van der Waals surface area contributed by atoms with Gasteiger partial charge in [0.05, 0.1) is 12.8 Å². The number of carbonyl (C=O) groups excluding carboxylic acids is 1. The van der Waals surface area contributed by atoms with E-state index in [9.17, 15) is 4.79 Å². The zero-order chi connectivity index (χ0) is 16.4. The minimum Gasteiger partial charge on any atom is -0.467 e. The predicted molar refractivity (Wildman–Crippen MR) is 83.9 cm³/mol. The molecule has 3 rings (SSSR count). The number of rotatable bonds is 4. The van der Waals surface area contributed by atoms with Crippen molar-refractivity contribution in [1.29, 1.82) is 0 Å². The molecule has 124 valence electrons. The number of furan rings is 1. The van der Waals surface area contributed by atoms with Crippen LogP contribution in [0.5, 0.6) is 0 Å². The zero-order valence-corrected chi connectivity index (χ0v) is 13.7. The molecule has 1 aliphatic heterocycles. The molecule has 7 nitrogen and oxygen atoms in total. The molecule has 23 heavy (non-hydrogen) atoms. The van der Waals surface area contributed by atoms with Crippen molar-refractivity contribution in [2.24, 2.45) is 0 Å². The van der Waals surface area contributed by atoms with E-state index in [0.717, 1.165) is 25.1 Å². The Balaban J connectivity index is 1.67. The van der Waals surface area contributed by atoms with Gasteiger partial charge in [-0.05, 0) is 30.1 Å². The second-order valence-corrected chi connectivity index (χ2v) is 6.80. The van der Waals surface area contributed by atoms with E-state index in [1.807, 2.05) is 31.7 Å². The van der Waals surface area contributed by atoms with Gasteiger partial charge in [0.25, 0.3) is 5.95 Å². The summed E-state index contributed by atoms with van der Waals surface area (Å²) < 4.78 is 10.6. The van der Waals surface area contributed by atoms with Crippen LogP contribution in [-0.2, 0) is 16.8 Å². The Labute approximate surface area is 135 Å². The fourth-order valence-electron chi connectivity index (χ4n) is 2.62. The van der Waals surface area contributed by atoms with Crippen LogP contribution in [0, 0.1) is 0 Å². The molecule has 1 saturated heterocycles. The molecule has 0 aromatic carbocycles. The van der Waals surface area contributed by atoms with Gasteiger partial charge >= 0.3 is 0 Å². The largest absolute Gasteiger partial charge is 0.467 e. The van der Waals surface area contributed by atoms with Gasteiger partial charge in [-0.2, -0.15) is 4.98 Å². The Hall–Kier alpha value is -2.31. The first kappa shape index (κ1) is 15.6. The molecule has 1 fully saturated rings. The van der Waals surface area contributed by atoms with E-state index < -0.39 is 0 Å². The molecule has 0 spiro atoms. The molecular weight excluding hydrogens is 296 g/mol. The van der Waals surface area contributed by atoms with Crippen LogP contribution in [0.4, 0.5) is 5.95 Å². The van der Waals surface area contributed by atoms with Gasteiger partial charge < -0.3 is 19.2 Å². The van der Waals surface area contributed by atoms with Crippen LogP contribution in [0.2, 0.25) is 0 Å². The van der Waals surface area contributed by atoms with E-state index in [1.54, 1.807) is 12.3 Å². The molecular formula is C16H22N4O3. The van der Waals surface area contributed by atoms with E-state index in [1.165, 1.54) is 0 Å². The quantitative estimate of drug-likeness (QED) is 0.930. The maximum Gasteiger partial charge on any atom is 0.266 e. The summed E-state index contributed by atoms with van der Waals surface area (Å²) in [5, 5.41) is 6.95. The third-order valence-electron chi connectivity index (χ3n) is 3.89.